The maximum absolute atomic E-state index is 12.7. The highest BCUT2D eigenvalue weighted by Crippen LogP contribution is 2.33. The van der Waals surface area contributed by atoms with E-state index in [0.717, 1.165) is 11.1 Å². The Hall–Kier alpha value is -2.02. The number of carbonyl (C=O) groups is 3. The predicted molar refractivity (Wildman–Crippen MR) is 85.5 cm³/mol. The van der Waals surface area contributed by atoms with Gasteiger partial charge in [0.15, 0.2) is 5.37 Å². The summed E-state index contributed by atoms with van der Waals surface area (Å²) >= 11 is 1.28. The largest absolute Gasteiger partial charge is 0.467 e. The molecule has 2 atom stereocenters. The van der Waals surface area contributed by atoms with E-state index in [1.54, 1.807) is 4.90 Å². The molecule has 122 valence electrons. The van der Waals surface area contributed by atoms with Crippen molar-refractivity contribution in [2.24, 2.45) is 0 Å². The fourth-order valence-electron chi connectivity index (χ4n) is 2.98. The van der Waals surface area contributed by atoms with Gasteiger partial charge in [-0.15, -0.1) is 11.8 Å². The monoisotopic (exact) mass is 334 g/mol. The van der Waals surface area contributed by atoms with Gasteiger partial charge in [0.25, 0.3) is 0 Å². The van der Waals surface area contributed by atoms with E-state index < -0.39 is 17.4 Å². The molecule has 2 fully saturated rings. The van der Waals surface area contributed by atoms with Crippen LogP contribution in [0.15, 0.2) is 24.3 Å². The quantitative estimate of drug-likeness (QED) is 0.764. The molecule has 1 aromatic rings. The maximum Gasteiger partial charge on any atom is 0.339 e. The number of rotatable bonds is 3. The van der Waals surface area contributed by atoms with Crippen LogP contribution in [0.25, 0.3) is 0 Å². The Bertz CT molecular complexity index is 663. The fraction of sp³-hybridized carbons (Fsp3) is 0.438. The van der Waals surface area contributed by atoms with Crippen molar-refractivity contribution in [1.82, 2.24) is 9.80 Å². The Balaban J connectivity index is 1.77. The molecule has 2 saturated heterocycles. The van der Waals surface area contributed by atoms with Crippen LogP contribution in [0, 0.1) is 6.92 Å². The maximum atomic E-state index is 12.7. The molecule has 3 rings (SSSR count). The van der Waals surface area contributed by atoms with Crippen LogP contribution in [-0.2, 0) is 25.7 Å². The minimum absolute atomic E-state index is 0.00265. The average molecular weight is 334 g/mol. The molecule has 6 nitrogen and oxygen atoms in total. The number of benzene rings is 1. The zero-order valence-corrected chi connectivity index (χ0v) is 13.8. The smallest absolute Gasteiger partial charge is 0.339 e. The number of ether oxygens (including phenoxy) is 1. The lowest BCUT2D eigenvalue weighted by Crippen LogP contribution is -2.60. The highest BCUT2D eigenvalue weighted by Gasteiger charge is 2.50. The van der Waals surface area contributed by atoms with Crippen LogP contribution in [-0.4, -0.2) is 58.4 Å². The van der Waals surface area contributed by atoms with Crippen LogP contribution in [0.2, 0.25) is 0 Å². The third kappa shape index (κ3) is 2.93. The summed E-state index contributed by atoms with van der Waals surface area (Å²) in [7, 11) is 1.29. The Morgan fingerprint density at radius 1 is 1.39 bits per heavy atom. The number of hydrogen-bond donors (Lipinski definition) is 0. The van der Waals surface area contributed by atoms with Crippen molar-refractivity contribution in [3.63, 3.8) is 0 Å². The number of thioether (sulfide) groups is 1. The normalized spacial score (nSPS) is 23.9. The minimum atomic E-state index is -0.706. The van der Waals surface area contributed by atoms with Crippen LogP contribution < -0.4 is 0 Å². The lowest BCUT2D eigenvalue weighted by molar-refractivity contribution is -0.160. The number of carbonyl (C=O) groups excluding carboxylic acids is 3. The Labute approximate surface area is 138 Å². The van der Waals surface area contributed by atoms with E-state index in [0.29, 0.717) is 12.3 Å². The Kier molecular flexibility index (Phi) is 4.30. The van der Waals surface area contributed by atoms with E-state index in [2.05, 4.69) is 0 Å². The van der Waals surface area contributed by atoms with Gasteiger partial charge in [0.2, 0.25) is 11.8 Å². The van der Waals surface area contributed by atoms with Gasteiger partial charge in [-0.25, -0.2) is 4.79 Å². The second kappa shape index (κ2) is 6.23. The second-order valence-corrected chi connectivity index (χ2v) is 6.82. The molecule has 0 N–H and O–H groups in total. The topological polar surface area (TPSA) is 66.9 Å². The van der Waals surface area contributed by atoms with E-state index >= 15 is 0 Å². The zero-order chi connectivity index (χ0) is 16.6. The first-order chi connectivity index (χ1) is 11.0. The number of piperazine rings is 1. The fourth-order valence-corrected chi connectivity index (χ4v) is 4.31. The molecule has 0 saturated carbocycles. The molecule has 7 heteroatoms. The van der Waals surface area contributed by atoms with Gasteiger partial charge >= 0.3 is 5.97 Å². The summed E-state index contributed by atoms with van der Waals surface area (Å²) in [5, 5.41) is -0.706. The minimum Gasteiger partial charge on any atom is -0.467 e. The van der Waals surface area contributed by atoms with Crippen molar-refractivity contribution in [2.45, 2.75) is 24.9 Å². The molecule has 0 unspecified atom stereocenters. The van der Waals surface area contributed by atoms with Gasteiger partial charge < -0.3 is 14.5 Å². The first-order valence-electron chi connectivity index (χ1n) is 7.36. The molecule has 2 amide bonds. The predicted octanol–water partition coefficient (Wildman–Crippen LogP) is 0.780. The van der Waals surface area contributed by atoms with Crippen molar-refractivity contribution in [3.8, 4) is 0 Å². The van der Waals surface area contributed by atoms with Crippen molar-refractivity contribution >= 4 is 29.5 Å². The van der Waals surface area contributed by atoms with Crippen LogP contribution in [0.4, 0.5) is 0 Å². The van der Waals surface area contributed by atoms with Gasteiger partial charge in [0.05, 0.1) is 7.11 Å². The van der Waals surface area contributed by atoms with Gasteiger partial charge in [-0.05, 0) is 12.5 Å². The molecule has 1 aromatic carbocycles. The van der Waals surface area contributed by atoms with Gasteiger partial charge in [-0.2, -0.15) is 0 Å². The van der Waals surface area contributed by atoms with Crippen molar-refractivity contribution in [3.05, 3.63) is 35.4 Å². The standard InChI is InChI=1S/C16H18N2O4S/c1-10-4-3-5-11(6-10)7-17-8-13(19)18-12(14(17)20)9-23-15(18)16(21)22-2/h3-6,12,15H,7-9H2,1-2H3/t12-,15+/m0/s1. The van der Waals surface area contributed by atoms with E-state index in [4.69, 9.17) is 4.74 Å². The molecule has 0 aliphatic carbocycles. The van der Waals surface area contributed by atoms with E-state index in [1.165, 1.54) is 23.8 Å². The van der Waals surface area contributed by atoms with Gasteiger partial charge in [-0.1, -0.05) is 29.8 Å². The SMILES string of the molecule is COC(=O)[C@H]1SC[C@H]2C(=O)N(Cc3cccc(C)c3)CC(=O)N12. The molecule has 0 aromatic heterocycles. The van der Waals surface area contributed by atoms with E-state index in [9.17, 15) is 14.4 Å². The number of esters is 1. The summed E-state index contributed by atoms with van der Waals surface area (Å²) in [5.74, 6) is -0.368. The van der Waals surface area contributed by atoms with Gasteiger partial charge in [0, 0.05) is 12.3 Å². The number of hydrogen-bond acceptors (Lipinski definition) is 5. The summed E-state index contributed by atoms with van der Waals surface area (Å²) in [5.41, 5.74) is 2.11. The summed E-state index contributed by atoms with van der Waals surface area (Å²) in [6, 6.07) is 7.30. The van der Waals surface area contributed by atoms with Gasteiger partial charge in [-0.3, -0.25) is 9.59 Å². The van der Waals surface area contributed by atoms with Crippen LogP contribution >= 0.6 is 11.8 Å². The van der Waals surface area contributed by atoms with Crippen molar-refractivity contribution in [1.29, 1.82) is 0 Å². The first kappa shape index (κ1) is 15.9. The third-order valence-electron chi connectivity index (χ3n) is 4.07. The van der Waals surface area contributed by atoms with Crippen LogP contribution in [0.5, 0.6) is 0 Å². The molecule has 23 heavy (non-hydrogen) atoms. The lowest BCUT2D eigenvalue weighted by Gasteiger charge is -2.37. The van der Waals surface area contributed by atoms with Gasteiger partial charge in [0.1, 0.15) is 12.6 Å². The molecule has 2 heterocycles. The number of fused-ring (bicyclic) bond motifs is 1. The molecular weight excluding hydrogens is 316 g/mol. The first-order valence-corrected chi connectivity index (χ1v) is 8.41. The van der Waals surface area contributed by atoms with Crippen molar-refractivity contribution < 1.29 is 19.1 Å². The highest BCUT2D eigenvalue weighted by molar-refractivity contribution is 8.00. The molecule has 0 bridgehead atoms. The molecular formula is C16H18N2O4S. The number of amides is 2. The number of nitrogens with zero attached hydrogens (tertiary/aromatic N) is 2. The molecule has 0 spiro atoms. The molecule has 2 aliphatic heterocycles. The lowest BCUT2D eigenvalue weighted by atomic mass is 10.1. The molecule has 0 radical (unpaired) electrons. The summed E-state index contributed by atoms with van der Waals surface area (Å²) in [6.45, 7) is 2.39. The zero-order valence-electron chi connectivity index (χ0n) is 13.0. The number of methoxy groups -OCH3 is 1. The highest BCUT2D eigenvalue weighted by atomic mass is 32.2. The Morgan fingerprint density at radius 2 is 2.17 bits per heavy atom. The average Bonchev–Trinajstić information content (AvgIpc) is 2.97. The van der Waals surface area contributed by atoms with E-state index in [1.807, 2.05) is 31.2 Å². The summed E-state index contributed by atoms with van der Waals surface area (Å²) in [6.07, 6.45) is 0. The Morgan fingerprint density at radius 3 is 2.87 bits per heavy atom. The third-order valence-corrected chi connectivity index (χ3v) is 5.31. The van der Waals surface area contributed by atoms with Crippen LogP contribution in [0.1, 0.15) is 11.1 Å². The summed E-state index contributed by atoms with van der Waals surface area (Å²) in [4.78, 5) is 39.8. The van der Waals surface area contributed by atoms with Crippen molar-refractivity contribution in [2.75, 3.05) is 19.4 Å². The van der Waals surface area contributed by atoms with Crippen LogP contribution in [0.3, 0.4) is 0 Å². The second-order valence-electron chi connectivity index (χ2n) is 5.71. The summed E-state index contributed by atoms with van der Waals surface area (Å²) < 4.78 is 4.72. The molecule has 2 aliphatic rings. The number of aryl methyl sites for hydroxylation is 1. The van der Waals surface area contributed by atoms with E-state index in [-0.39, 0.29) is 18.4 Å².